The molecule has 0 fully saturated rings. The monoisotopic (exact) mass is 490 g/mol. The van der Waals surface area contributed by atoms with Gasteiger partial charge in [-0.2, -0.15) is 0 Å². The number of benzene rings is 3. The van der Waals surface area contributed by atoms with Gasteiger partial charge in [-0.3, -0.25) is 4.79 Å². The minimum atomic E-state index is -3.27. The number of sulfone groups is 1. The molecule has 0 aliphatic heterocycles. The van der Waals surface area contributed by atoms with Crippen molar-refractivity contribution in [2.75, 3.05) is 6.26 Å². The molecule has 0 atom stereocenters. The fourth-order valence-electron chi connectivity index (χ4n) is 4.20. The van der Waals surface area contributed by atoms with Gasteiger partial charge in [-0.1, -0.05) is 87.2 Å². The molecule has 0 spiro atoms. The molecular weight excluding hydrogens is 456 g/mol. The van der Waals surface area contributed by atoms with Gasteiger partial charge in [-0.15, -0.1) is 0 Å². The second-order valence-corrected chi connectivity index (χ2v) is 10.8. The highest BCUT2D eigenvalue weighted by Crippen LogP contribution is 2.36. The molecule has 0 N–H and O–H groups in total. The minimum Gasteiger partial charge on any atom is -0.427 e. The number of esters is 1. The van der Waals surface area contributed by atoms with Crippen molar-refractivity contribution in [3.63, 3.8) is 0 Å². The van der Waals surface area contributed by atoms with E-state index >= 15 is 0 Å². The highest BCUT2D eigenvalue weighted by atomic mass is 32.2. The summed E-state index contributed by atoms with van der Waals surface area (Å²) in [7, 11) is -3.27. The number of carbonyl (C=O) groups is 1. The third-order valence-corrected chi connectivity index (χ3v) is 7.06. The first-order valence-electron chi connectivity index (χ1n) is 12.2. The summed E-state index contributed by atoms with van der Waals surface area (Å²) in [5.41, 5.74) is 5.39. The minimum absolute atomic E-state index is 0.315. The third-order valence-electron chi connectivity index (χ3n) is 5.93. The molecule has 35 heavy (non-hydrogen) atoms. The maximum Gasteiger partial charge on any atom is 0.308 e. The summed E-state index contributed by atoms with van der Waals surface area (Å²) in [5, 5.41) is 0. The van der Waals surface area contributed by atoms with E-state index in [2.05, 4.69) is 19.1 Å². The zero-order valence-corrected chi connectivity index (χ0v) is 21.6. The van der Waals surface area contributed by atoms with Crippen molar-refractivity contribution < 1.29 is 17.9 Å². The smallest absolute Gasteiger partial charge is 0.308 e. The van der Waals surface area contributed by atoms with E-state index < -0.39 is 9.84 Å². The molecule has 0 heterocycles. The fraction of sp³-hybridized carbons (Fsp3) is 0.300. The van der Waals surface area contributed by atoms with Crippen LogP contribution in [0.5, 0.6) is 5.75 Å². The lowest BCUT2D eigenvalue weighted by atomic mass is 9.87. The molecular formula is C30H34O4S. The van der Waals surface area contributed by atoms with Crippen molar-refractivity contribution in [2.24, 2.45) is 0 Å². The van der Waals surface area contributed by atoms with Crippen LogP contribution in [0.15, 0.2) is 83.8 Å². The topological polar surface area (TPSA) is 60.4 Å². The lowest BCUT2D eigenvalue weighted by molar-refractivity contribution is -0.131. The van der Waals surface area contributed by atoms with Gasteiger partial charge < -0.3 is 4.74 Å². The van der Waals surface area contributed by atoms with E-state index in [0.717, 1.165) is 41.5 Å². The Bertz CT molecular complexity index is 1240. The van der Waals surface area contributed by atoms with Crippen LogP contribution in [0.25, 0.3) is 11.1 Å². The van der Waals surface area contributed by atoms with Crippen LogP contribution in [0.4, 0.5) is 0 Å². The first-order valence-corrected chi connectivity index (χ1v) is 14.1. The van der Waals surface area contributed by atoms with Crippen LogP contribution in [0, 0.1) is 0 Å². The van der Waals surface area contributed by atoms with Gasteiger partial charge in [0.25, 0.3) is 0 Å². The summed E-state index contributed by atoms with van der Waals surface area (Å²) >= 11 is 0. The van der Waals surface area contributed by atoms with Crippen molar-refractivity contribution in [1.29, 1.82) is 0 Å². The van der Waals surface area contributed by atoms with Crippen molar-refractivity contribution in [3.8, 4) is 5.75 Å². The molecule has 0 aliphatic carbocycles. The molecule has 3 rings (SSSR count). The van der Waals surface area contributed by atoms with Crippen LogP contribution in [-0.2, 0) is 14.6 Å². The molecule has 0 amide bonds. The molecule has 4 nitrogen and oxygen atoms in total. The third kappa shape index (κ3) is 7.66. The molecule has 0 bridgehead atoms. The fourth-order valence-corrected chi connectivity index (χ4v) is 4.83. The summed E-state index contributed by atoms with van der Waals surface area (Å²) < 4.78 is 29.3. The maximum atomic E-state index is 12.0. The Kier molecular flexibility index (Phi) is 9.44. The number of rotatable bonds is 11. The summed E-state index contributed by atoms with van der Waals surface area (Å²) in [6.07, 6.45) is 7.92. The van der Waals surface area contributed by atoms with Crippen molar-refractivity contribution in [1.82, 2.24) is 0 Å². The molecule has 5 heteroatoms. The van der Waals surface area contributed by atoms with Gasteiger partial charge >= 0.3 is 5.97 Å². The van der Waals surface area contributed by atoms with Crippen molar-refractivity contribution >= 4 is 27.0 Å². The maximum absolute atomic E-state index is 12.0. The van der Waals surface area contributed by atoms with E-state index in [9.17, 15) is 13.2 Å². The zero-order valence-electron chi connectivity index (χ0n) is 20.8. The summed E-state index contributed by atoms with van der Waals surface area (Å²) in [5.74, 6) is 0.155. The molecule has 0 aliphatic rings. The zero-order chi connectivity index (χ0) is 25.3. The molecule has 0 unspecified atom stereocenters. The summed E-state index contributed by atoms with van der Waals surface area (Å²) in [4.78, 5) is 11.7. The first-order chi connectivity index (χ1) is 16.8. The number of unbranched alkanes of at least 4 members (excludes halogenated alkanes) is 4. The van der Waals surface area contributed by atoms with Gasteiger partial charge in [0.1, 0.15) is 5.75 Å². The van der Waals surface area contributed by atoms with Crippen LogP contribution in [0.1, 0.15) is 69.1 Å². The van der Waals surface area contributed by atoms with Crippen molar-refractivity contribution in [2.45, 2.75) is 57.3 Å². The highest BCUT2D eigenvalue weighted by molar-refractivity contribution is 7.90. The van der Waals surface area contributed by atoms with Gasteiger partial charge in [0, 0.05) is 13.2 Å². The van der Waals surface area contributed by atoms with Crippen LogP contribution in [0.3, 0.4) is 0 Å². The Balaban J connectivity index is 2.13. The lowest BCUT2D eigenvalue weighted by Crippen LogP contribution is -2.02. The Hall–Kier alpha value is -3.18. The van der Waals surface area contributed by atoms with Crippen LogP contribution < -0.4 is 4.74 Å². The van der Waals surface area contributed by atoms with E-state index in [4.69, 9.17) is 4.74 Å². The number of allylic oxidation sites excluding steroid dienone is 1. The molecule has 0 saturated heterocycles. The van der Waals surface area contributed by atoms with Crippen LogP contribution in [0.2, 0.25) is 0 Å². The second kappa shape index (κ2) is 12.5. The van der Waals surface area contributed by atoms with Gasteiger partial charge in [0.05, 0.1) is 4.90 Å². The predicted molar refractivity (Wildman–Crippen MR) is 143 cm³/mol. The van der Waals surface area contributed by atoms with Gasteiger partial charge in [-0.25, -0.2) is 8.42 Å². The Morgan fingerprint density at radius 1 is 0.743 bits per heavy atom. The van der Waals surface area contributed by atoms with E-state index in [1.807, 2.05) is 54.6 Å². The van der Waals surface area contributed by atoms with Gasteiger partial charge in [0.2, 0.25) is 0 Å². The summed E-state index contributed by atoms with van der Waals surface area (Å²) in [6.45, 7) is 3.60. The molecule has 0 aromatic heterocycles. The molecule has 3 aromatic carbocycles. The van der Waals surface area contributed by atoms with Gasteiger partial charge in [0.15, 0.2) is 9.84 Å². The SMILES string of the molecule is CCCCCCC/C(=C(\c1ccccc1)c1ccc(OC(C)=O)cc1)c1ccc(S(C)(=O)=O)cc1. The largest absolute Gasteiger partial charge is 0.427 e. The molecule has 0 radical (unpaired) electrons. The molecule has 184 valence electrons. The lowest BCUT2D eigenvalue weighted by Gasteiger charge is -2.18. The average Bonchev–Trinajstić information content (AvgIpc) is 2.84. The number of hydrogen-bond acceptors (Lipinski definition) is 4. The Morgan fingerprint density at radius 3 is 1.89 bits per heavy atom. The van der Waals surface area contributed by atoms with E-state index in [1.165, 1.54) is 38.0 Å². The average molecular weight is 491 g/mol. The number of ether oxygens (including phenoxy) is 1. The number of carbonyl (C=O) groups excluding carboxylic acids is 1. The normalized spacial score (nSPS) is 12.2. The Labute approximate surface area is 209 Å². The molecule has 3 aromatic rings. The first kappa shape index (κ1) is 26.4. The summed E-state index contributed by atoms with van der Waals surface area (Å²) in [6, 6.07) is 25.0. The van der Waals surface area contributed by atoms with Crippen LogP contribution in [-0.4, -0.2) is 20.6 Å². The van der Waals surface area contributed by atoms with E-state index in [0.29, 0.717) is 10.6 Å². The highest BCUT2D eigenvalue weighted by Gasteiger charge is 2.16. The van der Waals surface area contributed by atoms with E-state index in [-0.39, 0.29) is 5.97 Å². The van der Waals surface area contributed by atoms with Crippen molar-refractivity contribution in [3.05, 3.63) is 95.6 Å². The predicted octanol–water partition coefficient (Wildman–Crippen LogP) is 7.34. The quantitative estimate of drug-likeness (QED) is 0.122. The van der Waals surface area contributed by atoms with Crippen LogP contribution >= 0.6 is 0 Å². The standard InChI is InChI=1S/C30H34O4S/c1-4-5-6-7-11-14-29(24-17-21-28(22-18-24)35(3,32)33)30(25-12-9-8-10-13-25)26-15-19-27(20-16-26)34-23(2)31/h8-10,12-13,15-22H,4-7,11,14H2,1-3H3/b30-29-. The number of hydrogen-bond donors (Lipinski definition) is 0. The van der Waals surface area contributed by atoms with Gasteiger partial charge in [-0.05, 0) is 64.9 Å². The molecule has 0 saturated carbocycles. The Morgan fingerprint density at radius 2 is 1.31 bits per heavy atom. The van der Waals surface area contributed by atoms with E-state index in [1.54, 1.807) is 12.1 Å². The second-order valence-electron chi connectivity index (χ2n) is 8.80.